The molecular formula is C31H25IrN3-2. The summed E-state index contributed by atoms with van der Waals surface area (Å²) in [6.07, 6.45) is 9.07. The van der Waals surface area contributed by atoms with Crippen LogP contribution in [0.15, 0.2) is 91.3 Å². The molecule has 5 aromatic rings. The second-order valence-electron chi connectivity index (χ2n) is 9.04. The van der Waals surface area contributed by atoms with Crippen molar-refractivity contribution in [1.82, 2.24) is 15.0 Å². The smallest absolute Gasteiger partial charge is 0.0870 e. The van der Waals surface area contributed by atoms with Crippen molar-refractivity contribution in [1.29, 1.82) is 0 Å². The Balaban J connectivity index is 0.000000167. The molecule has 2 heterocycles. The number of fused-ring (bicyclic) bond motifs is 3. The molecule has 0 N–H and O–H groups in total. The van der Waals surface area contributed by atoms with Crippen molar-refractivity contribution >= 4 is 11.0 Å². The van der Waals surface area contributed by atoms with Gasteiger partial charge >= 0.3 is 0 Å². The number of hydrogen-bond donors (Lipinski definition) is 0. The SMILES string of the molecule is [Ir].[c-]1ccccc1-c1ccccn1.[c-]1ccccc1-c1cnc2cc3c(cc2n1)C1CCC3CC1. The first-order valence-electron chi connectivity index (χ1n) is 12.0. The molecule has 0 atom stereocenters. The van der Waals surface area contributed by atoms with E-state index in [4.69, 9.17) is 4.98 Å². The minimum atomic E-state index is 0. The molecule has 2 bridgehead atoms. The van der Waals surface area contributed by atoms with E-state index < -0.39 is 0 Å². The molecule has 0 saturated heterocycles. The van der Waals surface area contributed by atoms with E-state index in [9.17, 15) is 0 Å². The maximum Gasteiger partial charge on any atom is 0.0870 e. The molecule has 175 valence electrons. The molecule has 0 amide bonds. The van der Waals surface area contributed by atoms with Crippen LogP contribution in [0.3, 0.4) is 0 Å². The Kier molecular flexibility index (Phi) is 7.13. The van der Waals surface area contributed by atoms with Crippen LogP contribution in [0.2, 0.25) is 0 Å². The van der Waals surface area contributed by atoms with Gasteiger partial charge in [-0.2, -0.15) is 0 Å². The normalized spacial score (nSPS) is 17.6. The van der Waals surface area contributed by atoms with Crippen LogP contribution in [0.1, 0.15) is 48.6 Å². The average Bonchev–Trinajstić information content (AvgIpc) is 2.94. The van der Waals surface area contributed by atoms with Crippen molar-refractivity contribution in [2.45, 2.75) is 37.5 Å². The topological polar surface area (TPSA) is 38.7 Å². The van der Waals surface area contributed by atoms with E-state index in [2.05, 4.69) is 34.2 Å². The summed E-state index contributed by atoms with van der Waals surface area (Å²) in [6, 6.07) is 32.6. The number of benzene rings is 3. The van der Waals surface area contributed by atoms with Crippen LogP contribution in [0.5, 0.6) is 0 Å². The van der Waals surface area contributed by atoms with Gasteiger partial charge in [0.1, 0.15) is 0 Å². The van der Waals surface area contributed by atoms with E-state index in [1.165, 1.54) is 25.7 Å². The number of aromatic nitrogens is 3. The Morgan fingerprint density at radius 1 is 0.629 bits per heavy atom. The zero-order valence-corrected chi connectivity index (χ0v) is 21.7. The van der Waals surface area contributed by atoms with Crippen LogP contribution in [-0.4, -0.2) is 15.0 Å². The summed E-state index contributed by atoms with van der Waals surface area (Å²) in [5.41, 5.74) is 9.08. The number of hydrogen-bond acceptors (Lipinski definition) is 3. The zero-order valence-electron chi connectivity index (χ0n) is 19.3. The van der Waals surface area contributed by atoms with Gasteiger partial charge in [0, 0.05) is 38.2 Å². The van der Waals surface area contributed by atoms with Crippen LogP contribution in [0, 0.1) is 12.1 Å². The first-order valence-corrected chi connectivity index (χ1v) is 12.0. The molecule has 3 aliphatic carbocycles. The second kappa shape index (κ2) is 10.6. The molecule has 1 radical (unpaired) electrons. The minimum absolute atomic E-state index is 0. The van der Waals surface area contributed by atoms with Gasteiger partial charge < -0.3 is 4.98 Å². The molecule has 8 rings (SSSR count). The predicted molar refractivity (Wildman–Crippen MR) is 136 cm³/mol. The van der Waals surface area contributed by atoms with E-state index >= 15 is 0 Å². The molecule has 35 heavy (non-hydrogen) atoms. The van der Waals surface area contributed by atoms with Gasteiger partial charge in [0.05, 0.1) is 11.0 Å². The standard InChI is InChI=1S/C20H17N2.C11H8N.Ir/c1-2-4-15(5-3-1)20-12-21-18-10-16-13-6-8-14(9-7-13)17(16)11-19(18)22-20;1-2-6-10(7-3-1)11-8-4-5-9-12-11;/h1-4,10-14H,6-9H2;1-6,8-9H;/q2*-1;. The van der Waals surface area contributed by atoms with Crippen molar-refractivity contribution in [2.75, 3.05) is 0 Å². The Labute approximate surface area is 220 Å². The Morgan fingerprint density at radius 3 is 1.80 bits per heavy atom. The first kappa shape index (κ1) is 23.5. The molecular weight excluding hydrogens is 607 g/mol. The fourth-order valence-electron chi connectivity index (χ4n) is 5.27. The largest absolute Gasteiger partial charge is 0.305 e. The molecule has 3 nitrogen and oxygen atoms in total. The van der Waals surface area contributed by atoms with Gasteiger partial charge in [-0.15, -0.1) is 71.8 Å². The first-order chi connectivity index (χ1) is 16.8. The van der Waals surface area contributed by atoms with E-state index in [1.807, 2.05) is 72.9 Å². The summed E-state index contributed by atoms with van der Waals surface area (Å²) < 4.78 is 0. The fourth-order valence-corrected chi connectivity index (χ4v) is 5.27. The van der Waals surface area contributed by atoms with Crippen LogP contribution >= 0.6 is 0 Å². The maximum absolute atomic E-state index is 4.84. The molecule has 0 spiro atoms. The Hall–Kier alpha value is -3.20. The van der Waals surface area contributed by atoms with Crippen molar-refractivity contribution in [3.05, 3.63) is 115 Å². The van der Waals surface area contributed by atoms with Crippen LogP contribution in [0.25, 0.3) is 33.5 Å². The summed E-state index contributed by atoms with van der Waals surface area (Å²) in [5, 5.41) is 0. The molecule has 1 fully saturated rings. The van der Waals surface area contributed by atoms with Crippen molar-refractivity contribution < 1.29 is 20.1 Å². The van der Waals surface area contributed by atoms with Crippen molar-refractivity contribution in [2.24, 2.45) is 0 Å². The zero-order chi connectivity index (χ0) is 22.7. The van der Waals surface area contributed by atoms with Gasteiger partial charge in [0.15, 0.2) is 0 Å². The molecule has 4 heteroatoms. The van der Waals surface area contributed by atoms with Crippen molar-refractivity contribution in [3.8, 4) is 22.5 Å². The average molecular weight is 632 g/mol. The number of rotatable bonds is 2. The summed E-state index contributed by atoms with van der Waals surface area (Å²) in [7, 11) is 0. The van der Waals surface area contributed by atoms with Crippen molar-refractivity contribution in [3.63, 3.8) is 0 Å². The number of nitrogens with zero attached hydrogens (tertiary/aromatic N) is 3. The quantitative estimate of drug-likeness (QED) is 0.191. The van der Waals surface area contributed by atoms with Gasteiger partial charge in [-0.05, 0) is 72.5 Å². The van der Waals surface area contributed by atoms with E-state index in [0.717, 1.165) is 45.4 Å². The third kappa shape index (κ3) is 4.96. The van der Waals surface area contributed by atoms with Crippen LogP contribution < -0.4 is 0 Å². The van der Waals surface area contributed by atoms with Crippen LogP contribution in [0.4, 0.5) is 0 Å². The monoisotopic (exact) mass is 632 g/mol. The number of pyridine rings is 1. The second-order valence-corrected chi connectivity index (χ2v) is 9.04. The van der Waals surface area contributed by atoms with E-state index in [-0.39, 0.29) is 20.1 Å². The Bertz CT molecular complexity index is 1360. The van der Waals surface area contributed by atoms with Gasteiger partial charge in [0.2, 0.25) is 0 Å². The van der Waals surface area contributed by atoms with Gasteiger partial charge in [-0.1, -0.05) is 12.1 Å². The molecule has 1 saturated carbocycles. The summed E-state index contributed by atoms with van der Waals surface area (Å²) in [4.78, 5) is 13.7. The van der Waals surface area contributed by atoms with E-state index in [0.29, 0.717) is 0 Å². The Morgan fingerprint density at radius 2 is 1.23 bits per heavy atom. The molecule has 3 aromatic carbocycles. The fraction of sp³-hybridized carbons (Fsp3) is 0.194. The maximum atomic E-state index is 4.84. The summed E-state index contributed by atoms with van der Waals surface area (Å²) in [5.74, 6) is 1.51. The molecule has 2 aromatic heterocycles. The molecule has 0 unspecified atom stereocenters. The van der Waals surface area contributed by atoms with Crippen LogP contribution in [-0.2, 0) is 20.1 Å². The third-order valence-electron chi connectivity index (χ3n) is 6.99. The summed E-state index contributed by atoms with van der Waals surface area (Å²) >= 11 is 0. The van der Waals surface area contributed by atoms with E-state index in [1.54, 1.807) is 17.3 Å². The third-order valence-corrected chi connectivity index (χ3v) is 6.99. The molecule has 0 aliphatic heterocycles. The minimum Gasteiger partial charge on any atom is -0.305 e. The molecule has 3 aliphatic rings. The predicted octanol–water partition coefficient (Wildman–Crippen LogP) is 7.40. The van der Waals surface area contributed by atoms with Gasteiger partial charge in [-0.3, -0.25) is 9.97 Å². The summed E-state index contributed by atoms with van der Waals surface area (Å²) in [6.45, 7) is 0. The van der Waals surface area contributed by atoms with Gasteiger partial charge in [-0.25, -0.2) is 0 Å². The van der Waals surface area contributed by atoms with Gasteiger partial charge in [0.25, 0.3) is 0 Å².